The van der Waals surface area contributed by atoms with E-state index >= 15 is 0 Å². The molecule has 3 aromatic rings. The van der Waals surface area contributed by atoms with E-state index in [2.05, 4.69) is 15.5 Å². The molecule has 1 heterocycles. The minimum absolute atomic E-state index is 0.120. The van der Waals surface area contributed by atoms with Gasteiger partial charge in [-0.2, -0.15) is 4.98 Å². The third kappa shape index (κ3) is 5.06. The van der Waals surface area contributed by atoms with Gasteiger partial charge < -0.3 is 9.84 Å². The summed E-state index contributed by atoms with van der Waals surface area (Å²) >= 11 is 7.47. The van der Waals surface area contributed by atoms with Gasteiger partial charge in [-0.05, 0) is 29.8 Å². The highest BCUT2D eigenvalue weighted by molar-refractivity contribution is 7.99. The van der Waals surface area contributed by atoms with Crippen molar-refractivity contribution in [2.45, 2.75) is 12.3 Å². The number of carbonyl (C=O) groups excluding carboxylic acids is 1. The highest BCUT2D eigenvalue weighted by Gasteiger charge is 2.12. The second-order valence-electron chi connectivity index (χ2n) is 5.39. The molecular weight excluding hydrogens is 377 g/mol. The Morgan fingerprint density at radius 1 is 1.19 bits per heavy atom. The van der Waals surface area contributed by atoms with Crippen molar-refractivity contribution in [3.63, 3.8) is 0 Å². The first-order chi connectivity index (χ1) is 12.6. The Labute approximate surface area is 158 Å². The summed E-state index contributed by atoms with van der Waals surface area (Å²) in [5, 5.41) is 7.24. The molecule has 134 valence electrons. The van der Waals surface area contributed by atoms with Crippen LogP contribution in [0.4, 0.5) is 4.39 Å². The van der Waals surface area contributed by atoms with Crippen LogP contribution in [0.25, 0.3) is 11.4 Å². The summed E-state index contributed by atoms with van der Waals surface area (Å²) in [5.74, 6) is 1.10. The van der Waals surface area contributed by atoms with Crippen LogP contribution in [0.3, 0.4) is 0 Å². The van der Waals surface area contributed by atoms with E-state index in [4.69, 9.17) is 16.1 Å². The van der Waals surface area contributed by atoms with Crippen molar-refractivity contribution in [2.24, 2.45) is 0 Å². The third-order valence-corrected chi connectivity index (χ3v) is 4.69. The smallest absolute Gasteiger partial charge is 0.236 e. The first kappa shape index (κ1) is 18.4. The first-order valence-corrected chi connectivity index (χ1v) is 9.31. The molecule has 0 bridgehead atoms. The molecule has 1 aromatic heterocycles. The molecule has 26 heavy (non-hydrogen) atoms. The van der Waals surface area contributed by atoms with Gasteiger partial charge in [-0.25, -0.2) is 4.39 Å². The standard InChI is InChI=1S/C18H15ClFN3O2S/c19-15-4-2-1-3-14(15)18-22-17(25-23-18)11-26-10-16(24)21-9-12-5-7-13(20)8-6-12/h1-8H,9-11H2,(H,21,24). The molecule has 0 radical (unpaired) electrons. The summed E-state index contributed by atoms with van der Waals surface area (Å²) in [6.07, 6.45) is 0. The molecule has 0 unspecified atom stereocenters. The fourth-order valence-electron chi connectivity index (χ4n) is 2.15. The SMILES string of the molecule is O=C(CSCc1nc(-c2ccccc2Cl)no1)NCc1ccc(F)cc1. The number of thioether (sulfide) groups is 1. The van der Waals surface area contributed by atoms with Crippen LogP contribution < -0.4 is 5.32 Å². The van der Waals surface area contributed by atoms with Crippen molar-refractivity contribution in [1.29, 1.82) is 0 Å². The lowest BCUT2D eigenvalue weighted by Gasteiger charge is -2.04. The van der Waals surface area contributed by atoms with Gasteiger partial charge in [0.05, 0.1) is 16.5 Å². The normalized spacial score (nSPS) is 10.7. The first-order valence-electron chi connectivity index (χ1n) is 7.78. The van der Waals surface area contributed by atoms with Crippen LogP contribution in [0.15, 0.2) is 53.1 Å². The number of carbonyl (C=O) groups is 1. The van der Waals surface area contributed by atoms with E-state index in [1.165, 1.54) is 23.9 Å². The number of rotatable bonds is 7. The van der Waals surface area contributed by atoms with Gasteiger partial charge in [0.1, 0.15) is 5.82 Å². The second-order valence-corrected chi connectivity index (χ2v) is 6.78. The average molecular weight is 392 g/mol. The number of halogens is 2. The Balaban J connectivity index is 1.44. The predicted octanol–water partition coefficient (Wildman–Crippen LogP) is 4.08. The number of nitrogens with one attached hydrogen (secondary N) is 1. The molecule has 0 spiro atoms. The summed E-state index contributed by atoms with van der Waals surface area (Å²) < 4.78 is 18.0. The summed E-state index contributed by atoms with van der Waals surface area (Å²) in [6, 6.07) is 13.2. The molecule has 0 fully saturated rings. The molecule has 0 atom stereocenters. The zero-order chi connectivity index (χ0) is 18.4. The molecule has 8 heteroatoms. The Morgan fingerprint density at radius 3 is 2.73 bits per heavy atom. The van der Waals surface area contributed by atoms with E-state index in [9.17, 15) is 9.18 Å². The van der Waals surface area contributed by atoms with Gasteiger partial charge in [-0.3, -0.25) is 4.79 Å². The van der Waals surface area contributed by atoms with Gasteiger partial charge in [-0.1, -0.05) is 41.0 Å². The third-order valence-electron chi connectivity index (χ3n) is 3.44. The monoisotopic (exact) mass is 391 g/mol. The molecule has 1 N–H and O–H groups in total. The Kier molecular flexibility index (Phi) is 6.25. The molecule has 3 rings (SSSR count). The summed E-state index contributed by atoms with van der Waals surface area (Å²) in [7, 11) is 0. The van der Waals surface area contributed by atoms with Crippen molar-refractivity contribution in [1.82, 2.24) is 15.5 Å². The number of hydrogen-bond acceptors (Lipinski definition) is 5. The minimum atomic E-state index is -0.300. The lowest BCUT2D eigenvalue weighted by atomic mass is 10.2. The van der Waals surface area contributed by atoms with Crippen molar-refractivity contribution in [3.8, 4) is 11.4 Å². The Hall–Kier alpha value is -2.38. The van der Waals surface area contributed by atoms with E-state index in [0.29, 0.717) is 34.6 Å². The number of hydrogen-bond donors (Lipinski definition) is 1. The molecule has 0 aliphatic heterocycles. The quantitative estimate of drug-likeness (QED) is 0.657. The maximum atomic E-state index is 12.8. The van der Waals surface area contributed by atoms with Gasteiger partial charge in [0, 0.05) is 12.1 Å². The van der Waals surface area contributed by atoms with E-state index in [0.717, 1.165) is 5.56 Å². The van der Waals surface area contributed by atoms with Crippen molar-refractivity contribution < 1.29 is 13.7 Å². The van der Waals surface area contributed by atoms with E-state index < -0.39 is 0 Å². The summed E-state index contributed by atoms with van der Waals surface area (Å²) in [5.41, 5.74) is 1.54. The van der Waals surface area contributed by atoms with Crippen molar-refractivity contribution in [3.05, 3.63) is 70.8 Å². The molecular formula is C18H15ClFN3O2S. The Morgan fingerprint density at radius 2 is 1.96 bits per heavy atom. The molecule has 0 aliphatic carbocycles. The van der Waals surface area contributed by atoms with Crippen LogP contribution in [0.1, 0.15) is 11.5 Å². The number of benzene rings is 2. The van der Waals surface area contributed by atoms with Crippen LogP contribution in [0, 0.1) is 5.82 Å². The maximum Gasteiger partial charge on any atom is 0.236 e. The molecule has 5 nitrogen and oxygen atoms in total. The van der Waals surface area contributed by atoms with Crippen LogP contribution in [0.2, 0.25) is 5.02 Å². The fraction of sp³-hybridized carbons (Fsp3) is 0.167. The zero-order valence-electron chi connectivity index (χ0n) is 13.6. The highest BCUT2D eigenvalue weighted by atomic mass is 35.5. The van der Waals surface area contributed by atoms with Crippen LogP contribution in [-0.4, -0.2) is 21.8 Å². The zero-order valence-corrected chi connectivity index (χ0v) is 15.2. The number of nitrogens with zero attached hydrogens (tertiary/aromatic N) is 2. The average Bonchev–Trinajstić information content (AvgIpc) is 3.10. The maximum absolute atomic E-state index is 12.8. The number of amides is 1. The largest absolute Gasteiger partial charge is 0.351 e. The van der Waals surface area contributed by atoms with Gasteiger partial charge in [-0.15, -0.1) is 11.8 Å². The molecule has 0 saturated carbocycles. The lowest BCUT2D eigenvalue weighted by Crippen LogP contribution is -2.24. The van der Waals surface area contributed by atoms with Gasteiger partial charge >= 0.3 is 0 Å². The van der Waals surface area contributed by atoms with Gasteiger partial charge in [0.25, 0.3) is 0 Å². The van der Waals surface area contributed by atoms with Crippen LogP contribution in [0.5, 0.6) is 0 Å². The minimum Gasteiger partial charge on any atom is -0.351 e. The number of aromatic nitrogens is 2. The van der Waals surface area contributed by atoms with E-state index in [1.807, 2.05) is 18.2 Å². The van der Waals surface area contributed by atoms with Gasteiger partial charge in [0.15, 0.2) is 0 Å². The summed E-state index contributed by atoms with van der Waals surface area (Å²) in [6.45, 7) is 0.358. The highest BCUT2D eigenvalue weighted by Crippen LogP contribution is 2.25. The van der Waals surface area contributed by atoms with Crippen molar-refractivity contribution >= 4 is 29.3 Å². The molecule has 1 amide bonds. The van der Waals surface area contributed by atoms with Crippen LogP contribution in [-0.2, 0) is 17.1 Å². The van der Waals surface area contributed by atoms with E-state index in [1.54, 1.807) is 18.2 Å². The topological polar surface area (TPSA) is 68.0 Å². The fourth-order valence-corrected chi connectivity index (χ4v) is 3.05. The molecule has 0 saturated heterocycles. The predicted molar refractivity (Wildman–Crippen MR) is 99.2 cm³/mol. The van der Waals surface area contributed by atoms with Crippen molar-refractivity contribution in [2.75, 3.05) is 5.75 Å². The van der Waals surface area contributed by atoms with Crippen LogP contribution >= 0.6 is 23.4 Å². The molecule has 2 aromatic carbocycles. The lowest BCUT2D eigenvalue weighted by molar-refractivity contribution is -0.118. The van der Waals surface area contributed by atoms with Gasteiger partial charge in [0.2, 0.25) is 17.6 Å². The second kappa shape index (κ2) is 8.82. The van der Waals surface area contributed by atoms with E-state index in [-0.39, 0.29) is 17.5 Å². The Bertz CT molecular complexity index is 886. The summed E-state index contributed by atoms with van der Waals surface area (Å²) in [4.78, 5) is 16.1. The molecule has 0 aliphatic rings.